The monoisotopic (exact) mass is 408 g/mol. The lowest BCUT2D eigenvalue weighted by Crippen LogP contribution is -2.39. The zero-order valence-electron chi connectivity index (χ0n) is 16.4. The van der Waals surface area contributed by atoms with Crippen LogP contribution in [-0.4, -0.2) is 40.4 Å². The molecule has 1 N–H and O–H groups in total. The molecular formula is C23H25ClN4O. The summed E-state index contributed by atoms with van der Waals surface area (Å²) < 4.78 is 0. The van der Waals surface area contributed by atoms with E-state index in [1.165, 1.54) is 0 Å². The first-order valence-electron chi connectivity index (χ1n) is 10.2. The third kappa shape index (κ3) is 4.85. The Labute approximate surface area is 176 Å². The second kappa shape index (κ2) is 9.23. The summed E-state index contributed by atoms with van der Waals surface area (Å²) in [5.41, 5.74) is 1.86. The Hall–Kier alpha value is -2.66. The molecule has 0 spiro atoms. The molecule has 1 saturated heterocycles. The number of halogens is 1. The molecule has 0 radical (unpaired) electrons. The van der Waals surface area contributed by atoms with Gasteiger partial charge in [-0.25, -0.2) is 9.97 Å². The molecule has 29 heavy (non-hydrogen) atoms. The van der Waals surface area contributed by atoms with E-state index in [1.54, 1.807) is 6.33 Å². The molecule has 3 aromatic rings. The number of benzene rings is 2. The van der Waals surface area contributed by atoms with E-state index in [4.69, 9.17) is 11.6 Å². The average molecular weight is 409 g/mol. The molecule has 2 aromatic carbocycles. The second-order valence-electron chi connectivity index (χ2n) is 7.55. The van der Waals surface area contributed by atoms with Gasteiger partial charge in [0.2, 0.25) is 5.91 Å². The molecule has 2 heterocycles. The summed E-state index contributed by atoms with van der Waals surface area (Å²) in [4.78, 5) is 23.3. The van der Waals surface area contributed by atoms with Crippen LogP contribution in [0.4, 0.5) is 5.82 Å². The summed E-state index contributed by atoms with van der Waals surface area (Å²) >= 11 is 6.19. The molecule has 150 valence electrons. The van der Waals surface area contributed by atoms with E-state index in [0.29, 0.717) is 17.4 Å². The third-order valence-electron chi connectivity index (χ3n) is 5.65. The number of anilines is 1. The van der Waals surface area contributed by atoms with Crippen LogP contribution < -0.4 is 5.32 Å². The lowest BCUT2D eigenvalue weighted by atomic mass is 9.93. The molecule has 0 aliphatic carbocycles. The lowest BCUT2D eigenvalue weighted by molar-refractivity contribution is -0.131. The van der Waals surface area contributed by atoms with Crippen LogP contribution in [-0.2, 0) is 11.2 Å². The highest BCUT2D eigenvalue weighted by Crippen LogP contribution is 2.23. The molecule has 0 unspecified atom stereocenters. The van der Waals surface area contributed by atoms with E-state index < -0.39 is 0 Å². The fourth-order valence-electron chi connectivity index (χ4n) is 3.93. The van der Waals surface area contributed by atoms with E-state index >= 15 is 0 Å². The van der Waals surface area contributed by atoms with E-state index in [2.05, 4.69) is 15.3 Å². The van der Waals surface area contributed by atoms with Crippen LogP contribution in [0.5, 0.6) is 0 Å². The van der Waals surface area contributed by atoms with E-state index in [0.717, 1.165) is 61.2 Å². The van der Waals surface area contributed by atoms with Gasteiger partial charge in [-0.2, -0.15) is 0 Å². The minimum Gasteiger partial charge on any atom is -0.369 e. The van der Waals surface area contributed by atoms with Crippen molar-refractivity contribution in [2.75, 3.05) is 25.0 Å². The van der Waals surface area contributed by atoms with Crippen molar-refractivity contribution in [2.45, 2.75) is 25.7 Å². The maximum atomic E-state index is 12.6. The molecule has 1 amide bonds. The molecule has 0 atom stereocenters. The van der Waals surface area contributed by atoms with Crippen molar-refractivity contribution >= 4 is 34.2 Å². The number of para-hydroxylation sites is 1. The quantitative estimate of drug-likeness (QED) is 0.649. The van der Waals surface area contributed by atoms with Crippen molar-refractivity contribution in [3.05, 3.63) is 65.4 Å². The zero-order chi connectivity index (χ0) is 20.1. The summed E-state index contributed by atoms with van der Waals surface area (Å²) in [5, 5.41) is 5.18. The Morgan fingerprint density at radius 2 is 1.83 bits per heavy atom. The van der Waals surface area contributed by atoms with Crippen molar-refractivity contribution < 1.29 is 4.79 Å². The van der Waals surface area contributed by atoms with Gasteiger partial charge in [0.25, 0.3) is 0 Å². The molecule has 0 saturated carbocycles. The number of nitrogens with zero attached hydrogens (tertiary/aromatic N) is 3. The van der Waals surface area contributed by atoms with Crippen LogP contribution in [0.3, 0.4) is 0 Å². The number of hydrogen-bond donors (Lipinski definition) is 1. The van der Waals surface area contributed by atoms with E-state index in [-0.39, 0.29) is 5.91 Å². The molecule has 6 heteroatoms. The summed E-state index contributed by atoms with van der Waals surface area (Å²) in [6.07, 6.45) is 5.15. The molecule has 1 aliphatic heterocycles. The first-order chi connectivity index (χ1) is 14.2. The summed E-state index contributed by atoms with van der Waals surface area (Å²) in [6, 6.07) is 15.6. The number of carbonyl (C=O) groups excluding carboxylic acids is 1. The van der Waals surface area contributed by atoms with Crippen LogP contribution in [0.25, 0.3) is 10.9 Å². The number of rotatable bonds is 6. The maximum absolute atomic E-state index is 12.6. The Bertz CT molecular complexity index is 980. The molecule has 0 bridgehead atoms. The Morgan fingerprint density at radius 1 is 1.07 bits per heavy atom. The van der Waals surface area contributed by atoms with Crippen molar-refractivity contribution in [1.29, 1.82) is 0 Å². The van der Waals surface area contributed by atoms with Crippen LogP contribution in [0.1, 0.15) is 24.8 Å². The van der Waals surface area contributed by atoms with Crippen molar-refractivity contribution in [3.8, 4) is 0 Å². The topological polar surface area (TPSA) is 58.1 Å². The third-order valence-corrected chi connectivity index (χ3v) is 6.02. The molecule has 5 nitrogen and oxygen atoms in total. The second-order valence-corrected chi connectivity index (χ2v) is 7.95. The van der Waals surface area contributed by atoms with Gasteiger partial charge in [-0.1, -0.05) is 41.9 Å². The number of amides is 1. The van der Waals surface area contributed by atoms with Gasteiger partial charge in [0, 0.05) is 30.0 Å². The smallest absolute Gasteiger partial charge is 0.227 e. The minimum atomic E-state index is 0.169. The van der Waals surface area contributed by atoms with Gasteiger partial charge in [0.05, 0.1) is 11.9 Å². The van der Waals surface area contributed by atoms with E-state index in [1.807, 2.05) is 53.4 Å². The Kier molecular flexibility index (Phi) is 6.25. The fraction of sp³-hybridized carbons (Fsp3) is 0.348. The molecule has 1 fully saturated rings. The SMILES string of the molecule is O=C(Cc1ccccc1Cl)N1CCC(CCNc2ncnc3ccccc23)CC1. The number of carbonyl (C=O) groups is 1. The summed E-state index contributed by atoms with van der Waals surface area (Å²) in [7, 11) is 0. The number of nitrogens with one attached hydrogen (secondary N) is 1. The van der Waals surface area contributed by atoms with Gasteiger partial charge in [0.15, 0.2) is 0 Å². The van der Waals surface area contributed by atoms with Crippen molar-refractivity contribution in [1.82, 2.24) is 14.9 Å². The Morgan fingerprint density at radius 3 is 2.66 bits per heavy atom. The number of hydrogen-bond acceptors (Lipinski definition) is 4. The van der Waals surface area contributed by atoms with Crippen LogP contribution in [0, 0.1) is 5.92 Å². The molecular weight excluding hydrogens is 384 g/mol. The maximum Gasteiger partial charge on any atom is 0.227 e. The van der Waals surface area contributed by atoms with Crippen molar-refractivity contribution in [3.63, 3.8) is 0 Å². The lowest BCUT2D eigenvalue weighted by Gasteiger charge is -2.32. The number of likely N-dealkylation sites (tertiary alicyclic amines) is 1. The predicted octanol–water partition coefficient (Wildman–Crippen LogP) is 4.57. The van der Waals surface area contributed by atoms with Crippen LogP contribution in [0.15, 0.2) is 54.9 Å². The van der Waals surface area contributed by atoms with Gasteiger partial charge in [-0.15, -0.1) is 0 Å². The summed E-state index contributed by atoms with van der Waals surface area (Å²) in [6.45, 7) is 2.52. The minimum absolute atomic E-state index is 0.169. The van der Waals surface area contributed by atoms with E-state index in [9.17, 15) is 4.79 Å². The van der Waals surface area contributed by atoms with Gasteiger partial charge in [-0.3, -0.25) is 4.79 Å². The highest BCUT2D eigenvalue weighted by molar-refractivity contribution is 6.31. The number of fused-ring (bicyclic) bond motifs is 1. The van der Waals surface area contributed by atoms with Gasteiger partial charge < -0.3 is 10.2 Å². The predicted molar refractivity (Wildman–Crippen MR) is 117 cm³/mol. The van der Waals surface area contributed by atoms with Gasteiger partial charge in [0.1, 0.15) is 12.1 Å². The number of piperidine rings is 1. The summed E-state index contributed by atoms with van der Waals surface area (Å²) in [5.74, 6) is 1.69. The average Bonchev–Trinajstić information content (AvgIpc) is 2.76. The van der Waals surface area contributed by atoms with Crippen LogP contribution >= 0.6 is 11.6 Å². The highest BCUT2D eigenvalue weighted by Gasteiger charge is 2.23. The van der Waals surface area contributed by atoms with Crippen molar-refractivity contribution in [2.24, 2.45) is 5.92 Å². The highest BCUT2D eigenvalue weighted by atomic mass is 35.5. The molecule has 1 aromatic heterocycles. The zero-order valence-corrected chi connectivity index (χ0v) is 17.1. The molecule has 1 aliphatic rings. The van der Waals surface area contributed by atoms with Gasteiger partial charge in [-0.05, 0) is 48.9 Å². The largest absolute Gasteiger partial charge is 0.369 e. The Balaban J connectivity index is 1.24. The molecule has 4 rings (SSSR count). The first-order valence-corrected chi connectivity index (χ1v) is 10.5. The normalized spacial score (nSPS) is 14.9. The standard InChI is InChI=1S/C23H25ClN4O/c24-20-7-3-1-5-18(20)15-22(29)28-13-10-17(11-14-28)9-12-25-23-19-6-2-4-8-21(19)26-16-27-23/h1-8,16-17H,9-15H2,(H,25,26,27). The first kappa shape index (κ1) is 19.6. The number of aromatic nitrogens is 2. The van der Waals surface area contributed by atoms with Gasteiger partial charge >= 0.3 is 0 Å². The fourth-order valence-corrected chi connectivity index (χ4v) is 4.13. The van der Waals surface area contributed by atoms with Crippen LogP contribution in [0.2, 0.25) is 5.02 Å².